The van der Waals surface area contributed by atoms with Crippen molar-refractivity contribution in [3.8, 4) is 5.75 Å². The molecule has 6 heteroatoms. The number of halogens is 3. The van der Waals surface area contributed by atoms with Gasteiger partial charge >= 0.3 is 0 Å². The molecule has 2 aliphatic rings. The van der Waals surface area contributed by atoms with E-state index in [0.29, 0.717) is 20.8 Å². The van der Waals surface area contributed by atoms with Gasteiger partial charge in [0.2, 0.25) is 6.23 Å². The summed E-state index contributed by atoms with van der Waals surface area (Å²) in [4.78, 5) is 0. The largest absolute Gasteiger partial charge is 0.463 e. The first-order valence-electron chi connectivity index (χ1n) is 9.33. The molecule has 3 nitrogen and oxygen atoms in total. The van der Waals surface area contributed by atoms with E-state index in [2.05, 4.69) is 31.2 Å². The van der Waals surface area contributed by atoms with Crippen LogP contribution in [0.1, 0.15) is 40.9 Å². The van der Waals surface area contributed by atoms with Gasteiger partial charge in [-0.3, -0.25) is 0 Å². The molecule has 2 aliphatic heterocycles. The normalized spacial score (nSPS) is 20.0. The molecule has 3 aromatic carbocycles. The Labute approximate surface area is 184 Å². The zero-order valence-corrected chi connectivity index (χ0v) is 17.8. The predicted molar refractivity (Wildman–Crippen MR) is 118 cm³/mol. The monoisotopic (exact) mass is 442 g/mol. The molecule has 0 unspecified atom stereocenters. The van der Waals surface area contributed by atoms with Crippen LogP contribution >= 0.6 is 34.8 Å². The highest BCUT2D eigenvalue weighted by atomic mass is 35.5. The van der Waals surface area contributed by atoms with E-state index < -0.39 is 6.23 Å². The van der Waals surface area contributed by atoms with Crippen molar-refractivity contribution < 1.29 is 4.74 Å². The number of aryl methyl sites for hydroxylation is 1. The average Bonchev–Trinajstić information content (AvgIpc) is 3.14. The molecule has 0 spiro atoms. The van der Waals surface area contributed by atoms with E-state index in [1.54, 1.807) is 6.07 Å². The van der Waals surface area contributed by atoms with Crippen molar-refractivity contribution in [3.63, 3.8) is 0 Å². The summed E-state index contributed by atoms with van der Waals surface area (Å²) in [5.41, 5.74) is 5.26. The van der Waals surface area contributed by atoms with Crippen LogP contribution in [0.5, 0.6) is 5.75 Å². The van der Waals surface area contributed by atoms with Crippen LogP contribution in [0.2, 0.25) is 15.1 Å². The van der Waals surface area contributed by atoms with Crippen molar-refractivity contribution in [1.29, 1.82) is 0 Å². The lowest BCUT2D eigenvalue weighted by Crippen LogP contribution is -2.33. The maximum atomic E-state index is 6.50. The van der Waals surface area contributed by atoms with Gasteiger partial charge in [-0.15, -0.1) is 0 Å². The third-order valence-electron chi connectivity index (χ3n) is 5.35. The van der Waals surface area contributed by atoms with Gasteiger partial charge in [0, 0.05) is 27.6 Å². The second-order valence-electron chi connectivity index (χ2n) is 7.34. The molecule has 29 heavy (non-hydrogen) atoms. The van der Waals surface area contributed by atoms with Gasteiger partial charge in [-0.05, 0) is 36.8 Å². The highest BCUT2D eigenvalue weighted by Gasteiger charge is 2.42. The van der Waals surface area contributed by atoms with E-state index in [1.807, 2.05) is 35.3 Å². The van der Waals surface area contributed by atoms with Crippen LogP contribution in [0.4, 0.5) is 0 Å². The molecule has 0 bridgehead atoms. The molecule has 0 aromatic heterocycles. The first-order valence-corrected chi connectivity index (χ1v) is 10.5. The summed E-state index contributed by atoms with van der Waals surface area (Å²) >= 11 is 18.9. The summed E-state index contributed by atoms with van der Waals surface area (Å²) in [6.45, 7) is 2.08. The Kier molecular flexibility index (Phi) is 4.70. The summed E-state index contributed by atoms with van der Waals surface area (Å²) in [5, 5.41) is 8.74. The van der Waals surface area contributed by atoms with Crippen molar-refractivity contribution >= 4 is 40.5 Å². The molecule has 0 radical (unpaired) electrons. The molecule has 2 atom stereocenters. The maximum absolute atomic E-state index is 6.50. The van der Waals surface area contributed by atoms with Crippen molar-refractivity contribution in [3.05, 3.63) is 98.0 Å². The minimum atomic E-state index is -0.397. The number of ether oxygens (including phenoxy) is 1. The number of fused-ring (bicyclic) bond motifs is 3. The Hall–Kier alpha value is -2.20. The van der Waals surface area contributed by atoms with E-state index in [4.69, 9.17) is 44.6 Å². The minimum Gasteiger partial charge on any atom is -0.463 e. The second kappa shape index (κ2) is 7.24. The first-order chi connectivity index (χ1) is 14.0. The van der Waals surface area contributed by atoms with E-state index in [-0.39, 0.29) is 6.04 Å². The second-order valence-corrected chi connectivity index (χ2v) is 8.62. The first kappa shape index (κ1) is 18.8. The molecule has 146 valence electrons. The standard InChI is InChI=1S/C23H17Cl3N2O/c1-13-2-4-14(5-3-13)20-12-21-18-10-17(25)11-19(26)22(18)29-23(28(21)27-20)15-6-8-16(24)9-7-15/h2-11,21,23H,12H2,1H3/t21-,23+/m1/s1. The fourth-order valence-corrected chi connectivity index (χ4v) is 4.56. The van der Waals surface area contributed by atoms with Crippen molar-refractivity contribution in [2.75, 3.05) is 0 Å². The van der Waals surface area contributed by atoms with Gasteiger partial charge in [0.1, 0.15) is 5.75 Å². The molecule has 0 amide bonds. The quantitative estimate of drug-likeness (QED) is 0.418. The van der Waals surface area contributed by atoms with Gasteiger partial charge in [0.05, 0.1) is 16.8 Å². The Morgan fingerprint density at radius 1 is 0.931 bits per heavy atom. The number of rotatable bonds is 2. The van der Waals surface area contributed by atoms with E-state index in [0.717, 1.165) is 28.8 Å². The zero-order valence-electron chi connectivity index (χ0n) is 15.6. The van der Waals surface area contributed by atoms with Gasteiger partial charge in [-0.1, -0.05) is 76.8 Å². The maximum Gasteiger partial charge on any atom is 0.213 e. The number of benzene rings is 3. The molecule has 0 aliphatic carbocycles. The molecule has 0 fully saturated rings. The van der Waals surface area contributed by atoms with Gasteiger partial charge in [0.15, 0.2) is 0 Å². The number of nitrogens with zero attached hydrogens (tertiary/aromatic N) is 2. The lowest BCUT2D eigenvalue weighted by Gasteiger charge is -2.38. The highest BCUT2D eigenvalue weighted by Crippen LogP contribution is 2.50. The van der Waals surface area contributed by atoms with Gasteiger partial charge in [-0.2, -0.15) is 5.10 Å². The average molecular weight is 444 g/mol. The molecular weight excluding hydrogens is 427 g/mol. The van der Waals surface area contributed by atoms with Crippen molar-refractivity contribution in [2.45, 2.75) is 25.6 Å². The molecule has 2 heterocycles. The van der Waals surface area contributed by atoms with Crippen LogP contribution in [0, 0.1) is 6.92 Å². The van der Waals surface area contributed by atoms with Crippen LogP contribution < -0.4 is 4.74 Å². The topological polar surface area (TPSA) is 24.8 Å². The lowest BCUT2D eigenvalue weighted by molar-refractivity contribution is -0.0189. The molecule has 3 aromatic rings. The zero-order chi connectivity index (χ0) is 20.1. The Bertz CT molecular complexity index is 1110. The van der Waals surface area contributed by atoms with Gasteiger partial charge in [-0.25, -0.2) is 5.01 Å². The van der Waals surface area contributed by atoms with E-state index in [9.17, 15) is 0 Å². The Morgan fingerprint density at radius 3 is 2.38 bits per heavy atom. The van der Waals surface area contributed by atoms with Crippen LogP contribution in [0.15, 0.2) is 65.8 Å². The molecule has 0 N–H and O–H groups in total. The molecule has 5 rings (SSSR count). The van der Waals surface area contributed by atoms with E-state index >= 15 is 0 Å². The smallest absolute Gasteiger partial charge is 0.213 e. The van der Waals surface area contributed by atoms with E-state index in [1.165, 1.54) is 5.56 Å². The summed E-state index contributed by atoms with van der Waals surface area (Å²) < 4.78 is 6.35. The van der Waals surface area contributed by atoms with Crippen LogP contribution in [-0.4, -0.2) is 10.7 Å². The number of hydrazone groups is 1. The molecular formula is C23H17Cl3N2O. The summed E-state index contributed by atoms with van der Waals surface area (Å²) in [5.74, 6) is 0.664. The fourth-order valence-electron chi connectivity index (χ4n) is 3.88. The Morgan fingerprint density at radius 2 is 1.66 bits per heavy atom. The number of hydrogen-bond acceptors (Lipinski definition) is 3. The summed E-state index contributed by atoms with van der Waals surface area (Å²) in [6.07, 6.45) is 0.353. The molecule has 0 saturated carbocycles. The summed E-state index contributed by atoms with van der Waals surface area (Å²) in [7, 11) is 0. The SMILES string of the molecule is Cc1ccc(C2=NN3[C@H](C2)c2cc(Cl)cc(Cl)c2O[C@H]3c2ccc(Cl)cc2)cc1. The number of hydrogen-bond donors (Lipinski definition) is 0. The van der Waals surface area contributed by atoms with Crippen molar-refractivity contribution in [1.82, 2.24) is 5.01 Å². The lowest BCUT2D eigenvalue weighted by atomic mass is 9.95. The fraction of sp³-hybridized carbons (Fsp3) is 0.174. The van der Waals surface area contributed by atoms with Crippen molar-refractivity contribution in [2.24, 2.45) is 5.10 Å². The third kappa shape index (κ3) is 3.38. The van der Waals surface area contributed by atoms with Gasteiger partial charge in [0.25, 0.3) is 0 Å². The summed E-state index contributed by atoms with van der Waals surface area (Å²) in [6, 6.07) is 19.7. The third-order valence-corrected chi connectivity index (χ3v) is 6.10. The molecule has 0 saturated heterocycles. The van der Waals surface area contributed by atoms with Crippen LogP contribution in [0.25, 0.3) is 0 Å². The van der Waals surface area contributed by atoms with Crippen LogP contribution in [-0.2, 0) is 0 Å². The predicted octanol–water partition coefficient (Wildman–Crippen LogP) is 7.20. The highest BCUT2D eigenvalue weighted by molar-refractivity contribution is 6.35. The van der Waals surface area contributed by atoms with Gasteiger partial charge < -0.3 is 4.74 Å². The minimum absolute atomic E-state index is 0.00747. The Balaban J connectivity index is 1.62. The van der Waals surface area contributed by atoms with Crippen LogP contribution in [0.3, 0.4) is 0 Å².